The number of benzene rings is 1. The molecule has 0 aliphatic carbocycles. The van der Waals surface area contributed by atoms with Crippen LogP contribution in [0.2, 0.25) is 0 Å². The molecule has 1 heterocycles. The molecule has 2 rings (SSSR count). The maximum atomic E-state index is 4.18. The minimum absolute atomic E-state index is 0.233. The summed E-state index contributed by atoms with van der Waals surface area (Å²) in [6.07, 6.45) is 1.82. The molecule has 0 aliphatic rings. The first-order chi connectivity index (χ1) is 8.08. The maximum absolute atomic E-state index is 4.18. The van der Waals surface area contributed by atoms with Crippen LogP contribution in [-0.4, -0.2) is 9.78 Å². The molecular weight excluding hydrogens is 278 g/mol. The van der Waals surface area contributed by atoms with E-state index in [0.29, 0.717) is 0 Å². The Morgan fingerprint density at radius 2 is 2.12 bits per heavy atom. The number of hydrogen-bond acceptors (Lipinski definition) is 2. The van der Waals surface area contributed by atoms with Crippen LogP contribution in [0.15, 0.2) is 34.9 Å². The van der Waals surface area contributed by atoms with Crippen LogP contribution in [0, 0.1) is 6.92 Å². The van der Waals surface area contributed by atoms with Gasteiger partial charge in [0.1, 0.15) is 0 Å². The van der Waals surface area contributed by atoms with Crippen LogP contribution >= 0.6 is 15.9 Å². The van der Waals surface area contributed by atoms with Crippen molar-refractivity contribution in [2.45, 2.75) is 19.9 Å². The Morgan fingerprint density at radius 3 is 2.71 bits per heavy atom. The van der Waals surface area contributed by atoms with Crippen LogP contribution in [0.4, 0.5) is 5.69 Å². The number of nitrogens with zero attached hydrogens (tertiary/aromatic N) is 2. The smallest absolute Gasteiger partial charge is 0.0653 e. The number of nitrogens with one attached hydrogen (secondary N) is 1. The van der Waals surface area contributed by atoms with Crippen molar-refractivity contribution in [2.75, 3.05) is 5.32 Å². The fourth-order valence-corrected chi connectivity index (χ4v) is 2.19. The molecule has 0 fully saturated rings. The minimum atomic E-state index is 0.233. The number of aryl methyl sites for hydroxylation is 2. The van der Waals surface area contributed by atoms with Gasteiger partial charge in [0, 0.05) is 23.4 Å². The Bertz CT molecular complexity index is 519. The molecule has 0 amide bonds. The van der Waals surface area contributed by atoms with Crippen LogP contribution < -0.4 is 5.32 Å². The second kappa shape index (κ2) is 4.92. The molecular formula is C13H16BrN3. The maximum Gasteiger partial charge on any atom is 0.0653 e. The molecule has 1 atom stereocenters. The van der Waals surface area contributed by atoms with E-state index in [1.54, 1.807) is 0 Å². The summed E-state index contributed by atoms with van der Waals surface area (Å²) < 4.78 is 3.01. The number of halogens is 1. The molecule has 0 aliphatic heterocycles. The average molecular weight is 294 g/mol. The van der Waals surface area contributed by atoms with Crippen LogP contribution in [0.5, 0.6) is 0 Å². The predicted octanol–water partition coefficient (Wildman–Crippen LogP) is 3.66. The molecule has 0 radical (unpaired) electrons. The SMILES string of the molecule is Cc1ccc(NC(C)c2ccnn2C)cc1Br. The molecule has 4 heteroatoms. The van der Waals surface area contributed by atoms with Gasteiger partial charge in [-0.05, 0) is 37.6 Å². The molecule has 17 heavy (non-hydrogen) atoms. The van der Waals surface area contributed by atoms with Crippen LogP contribution in [-0.2, 0) is 7.05 Å². The summed E-state index contributed by atoms with van der Waals surface area (Å²) in [5, 5.41) is 7.64. The molecule has 1 N–H and O–H groups in total. The molecule has 2 aromatic rings. The first-order valence-corrected chi connectivity index (χ1v) is 6.38. The van der Waals surface area contributed by atoms with Gasteiger partial charge in [0.05, 0.1) is 11.7 Å². The van der Waals surface area contributed by atoms with Gasteiger partial charge >= 0.3 is 0 Å². The van der Waals surface area contributed by atoms with Gasteiger partial charge in [-0.2, -0.15) is 5.10 Å². The Morgan fingerprint density at radius 1 is 1.35 bits per heavy atom. The zero-order valence-corrected chi connectivity index (χ0v) is 11.8. The molecule has 1 unspecified atom stereocenters. The van der Waals surface area contributed by atoms with Gasteiger partial charge in [-0.15, -0.1) is 0 Å². The lowest BCUT2D eigenvalue weighted by molar-refractivity contribution is 0.676. The normalized spacial score (nSPS) is 12.5. The van der Waals surface area contributed by atoms with E-state index in [1.165, 1.54) is 11.3 Å². The molecule has 0 saturated carbocycles. The molecule has 0 bridgehead atoms. The fraction of sp³-hybridized carbons (Fsp3) is 0.308. The third kappa shape index (κ3) is 2.69. The third-order valence-electron chi connectivity index (χ3n) is 2.86. The number of rotatable bonds is 3. The lowest BCUT2D eigenvalue weighted by Gasteiger charge is -2.16. The van der Waals surface area contributed by atoms with Gasteiger partial charge in [-0.1, -0.05) is 22.0 Å². The lowest BCUT2D eigenvalue weighted by Crippen LogP contribution is -2.11. The minimum Gasteiger partial charge on any atom is -0.377 e. The van der Waals surface area contributed by atoms with Gasteiger partial charge < -0.3 is 5.32 Å². The van der Waals surface area contributed by atoms with E-state index >= 15 is 0 Å². The van der Waals surface area contributed by atoms with E-state index in [0.717, 1.165) is 10.2 Å². The zero-order valence-electron chi connectivity index (χ0n) is 10.2. The first kappa shape index (κ1) is 12.2. The quantitative estimate of drug-likeness (QED) is 0.936. The van der Waals surface area contributed by atoms with Crippen molar-refractivity contribution in [1.29, 1.82) is 0 Å². The van der Waals surface area contributed by atoms with Crippen molar-refractivity contribution in [3.8, 4) is 0 Å². The average Bonchev–Trinajstić information content (AvgIpc) is 2.70. The monoisotopic (exact) mass is 293 g/mol. The summed E-state index contributed by atoms with van der Waals surface area (Å²) >= 11 is 3.54. The summed E-state index contributed by atoms with van der Waals surface area (Å²) in [7, 11) is 1.96. The number of anilines is 1. The topological polar surface area (TPSA) is 29.9 Å². The van der Waals surface area contributed by atoms with E-state index in [1.807, 2.05) is 24.0 Å². The summed E-state index contributed by atoms with van der Waals surface area (Å²) in [4.78, 5) is 0. The molecule has 0 saturated heterocycles. The van der Waals surface area contributed by atoms with Crippen LogP contribution in [0.1, 0.15) is 24.2 Å². The molecule has 90 valence electrons. The van der Waals surface area contributed by atoms with E-state index in [9.17, 15) is 0 Å². The Labute approximate surface area is 110 Å². The molecule has 3 nitrogen and oxygen atoms in total. The van der Waals surface area contributed by atoms with Crippen molar-refractivity contribution in [3.05, 3.63) is 46.2 Å². The standard InChI is InChI=1S/C13H16BrN3/c1-9-4-5-11(8-12(9)14)16-10(2)13-6-7-15-17(13)3/h4-8,10,16H,1-3H3. The van der Waals surface area contributed by atoms with E-state index in [-0.39, 0.29) is 6.04 Å². The number of aromatic nitrogens is 2. The Balaban J connectivity index is 2.16. The summed E-state index contributed by atoms with van der Waals surface area (Å²) in [5.41, 5.74) is 3.52. The van der Waals surface area contributed by atoms with E-state index in [4.69, 9.17) is 0 Å². The highest BCUT2D eigenvalue weighted by Gasteiger charge is 2.09. The van der Waals surface area contributed by atoms with E-state index in [2.05, 4.69) is 58.4 Å². The Hall–Kier alpha value is -1.29. The molecule has 1 aromatic heterocycles. The fourth-order valence-electron chi connectivity index (χ4n) is 1.82. The van der Waals surface area contributed by atoms with Crippen molar-refractivity contribution < 1.29 is 0 Å². The Kier molecular flexibility index (Phi) is 3.52. The predicted molar refractivity (Wildman–Crippen MR) is 74.1 cm³/mol. The van der Waals surface area contributed by atoms with Gasteiger partial charge in [0.25, 0.3) is 0 Å². The van der Waals surface area contributed by atoms with Crippen LogP contribution in [0.25, 0.3) is 0 Å². The first-order valence-electron chi connectivity index (χ1n) is 5.58. The van der Waals surface area contributed by atoms with Gasteiger partial charge in [0.15, 0.2) is 0 Å². The molecule has 1 aromatic carbocycles. The van der Waals surface area contributed by atoms with Gasteiger partial charge in [-0.3, -0.25) is 4.68 Å². The largest absolute Gasteiger partial charge is 0.377 e. The number of hydrogen-bond donors (Lipinski definition) is 1. The lowest BCUT2D eigenvalue weighted by atomic mass is 10.2. The second-order valence-corrected chi connectivity index (χ2v) is 5.06. The highest BCUT2D eigenvalue weighted by atomic mass is 79.9. The van der Waals surface area contributed by atoms with Crippen LogP contribution in [0.3, 0.4) is 0 Å². The van der Waals surface area contributed by atoms with Gasteiger partial charge in [0.2, 0.25) is 0 Å². The van der Waals surface area contributed by atoms with Crippen molar-refractivity contribution in [1.82, 2.24) is 9.78 Å². The highest BCUT2D eigenvalue weighted by molar-refractivity contribution is 9.10. The molecule has 0 spiro atoms. The second-order valence-electron chi connectivity index (χ2n) is 4.21. The van der Waals surface area contributed by atoms with Crippen molar-refractivity contribution in [3.63, 3.8) is 0 Å². The van der Waals surface area contributed by atoms with Gasteiger partial charge in [-0.25, -0.2) is 0 Å². The third-order valence-corrected chi connectivity index (χ3v) is 3.71. The summed E-state index contributed by atoms with van der Waals surface area (Å²) in [5.74, 6) is 0. The van der Waals surface area contributed by atoms with E-state index < -0.39 is 0 Å². The van der Waals surface area contributed by atoms with Crippen molar-refractivity contribution >= 4 is 21.6 Å². The highest BCUT2D eigenvalue weighted by Crippen LogP contribution is 2.24. The van der Waals surface area contributed by atoms with Crippen molar-refractivity contribution in [2.24, 2.45) is 7.05 Å². The summed E-state index contributed by atoms with van der Waals surface area (Å²) in [6.45, 7) is 4.21. The summed E-state index contributed by atoms with van der Waals surface area (Å²) in [6, 6.07) is 8.55. The zero-order chi connectivity index (χ0) is 12.4.